The summed E-state index contributed by atoms with van der Waals surface area (Å²) in [5.41, 5.74) is 5.81. The lowest BCUT2D eigenvalue weighted by Gasteiger charge is -2.31. The molecular weight excluding hydrogens is 338 g/mol. The molecule has 1 saturated carbocycles. The number of aliphatic carboxylic acids is 1. The van der Waals surface area contributed by atoms with Gasteiger partial charge >= 0.3 is 5.97 Å². The fourth-order valence-corrected chi connectivity index (χ4v) is 3.97. The lowest BCUT2D eigenvalue weighted by Crippen LogP contribution is -2.56. The molecule has 1 saturated heterocycles. The van der Waals surface area contributed by atoms with Gasteiger partial charge in [-0.3, -0.25) is 9.59 Å². The van der Waals surface area contributed by atoms with Crippen LogP contribution < -0.4 is 11.1 Å². The second kappa shape index (κ2) is 7.76. The molecule has 130 valence electrons. The van der Waals surface area contributed by atoms with Gasteiger partial charge in [-0.2, -0.15) is 25.3 Å². The van der Waals surface area contributed by atoms with Gasteiger partial charge in [0.1, 0.15) is 12.1 Å². The number of amides is 2. The van der Waals surface area contributed by atoms with E-state index in [1.54, 1.807) is 4.90 Å². The van der Waals surface area contributed by atoms with Gasteiger partial charge in [-0.1, -0.05) is 6.42 Å². The Kier molecular flexibility index (Phi) is 6.21. The summed E-state index contributed by atoms with van der Waals surface area (Å²) < 4.78 is 0. The van der Waals surface area contributed by atoms with E-state index in [-0.39, 0.29) is 29.4 Å². The number of thiol groups is 2. The fourth-order valence-electron chi connectivity index (χ4n) is 3.56. The van der Waals surface area contributed by atoms with Gasteiger partial charge in [-0.25, -0.2) is 4.79 Å². The number of hydrogen-bond acceptors (Lipinski definition) is 6. The van der Waals surface area contributed by atoms with Crippen LogP contribution >= 0.6 is 25.3 Å². The first-order chi connectivity index (χ1) is 10.9. The first-order valence-corrected chi connectivity index (χ1v) is 8.99. The normalized spacial score (nSPS) is 29.0. The lowest BCUT2D eigenvalue weighted by atomic mass is 10.0. The predicted octanol–water partition coefficient (Wildman–Crippen LogP) is -0.488. The molecule has 1 aliphatic carbocycles. The van der Waals surface area contributed by atoms with E-state index in [2.05, 4.69) is 30.6 Å². The fraction of sp³-hybridized carbons (Fsp3) is 0.786. The van der Waals surface area contributed by atoms with Crippen molar-refractivity contribution in [3.63, 3.8) is 0 Å². The Labute approximate surface area is 146 Å². The number of rotatable bonds is 6. The number of carboxylic acid groups (broad SMARTS) is 1. The van der Waals surface area contributed by atoms with E-state index in [4.69, 9.17) is 10.8 Å². The predicted molar refractivity (Wildman–Crippen MR) is 91.6 cm³/mol. The largest absolute Gasteiger partial charge is 0.480 e. The van der Waals surface area contributed by atoms with Crippen LogP contribution in [0.3, 0.4) is 0 Å². The third-order valence-corrected chi connectivity index (χ3v) is 5.46. The maximum Gasteiger partial charge on any atom is 0.327 e. The van der Waals surface area contributed by atoms with Gasteiger partial charge in [0.05, 0.1) is 6.04 Å². The van der Waals surface area contributed by atoms with Crippen molar-refractivity contribution in [2.45, 2.75) is 49.9 Å². The zero-order valence-corrected chi connectivity index (χ0v) is 14.5. The van der Waals surface area contributed by atoms with Crippen LogP contribution in [-0.4, -0.2) is 63.5 Å². The smallest absolute Gasteiger partial charge is 0.327 e. The Bertz CT molecular complexity index is 491. The van der Waals surface area contributed by atoms with Crippen LogP contribution in [0, 0.1) is 5.92 Å². The first-order valence-electron chi connectivity index (χ1n) is 7.73. The molecule has 1 aliphatic heterocycles. The van der Waals surface area contributed by atoms with Crippen LogP contribution in [0.25, 0.3) is 0 Å². The van der Waals surface area contributed by atoms with Crippen LogP contribution in [0.15, 0.2) is 0 Å². The highest BCUT2D eigenvalue weighted by Crippen LogP contribution is 2.41. The summed E-state index contributed by atoms with van der Waals surface area (Å²) in [5.74, 6) is -1.40. The average molecular weight is 361 g/mol. The van der Waals surface area contributed by atoms with Crippen LogP contribution in [0.4, 0.5) is 0 Å². The molecule has 7 nitrogen and oxygen atoms in total. The molecule has 0 radical (unpaired) electrons. The summed E-state index contributed by atoms with van der Waals surface area (Å²) >= 11 is 8.00. The number of nitrogens with one attached hydrogen (secondary N) is 1. The molecule has 0 spiro atoms. The number of likely N-dealkylation sites (tertiary alicyclic amines) is 1. The maximum absolute atomic E-state index is 12.6. The van der Waals surface area contributed by atoms with Crippen molar-refractivity contribution in [3.05, 3.63) is 0 Å². The molecule has 2 aliphatic rings. The molecule has 0 aromatic heterocycles. The third-order valence-electron chi connectivity index (χ3n) is 4.71. The van der Waals surface area contributed by atoms with Crippen molar-refractivity contribution in [2.75, 3.05) is 11.5 Å². The van der Waals surface area contributed by atoms with Gasteiger partial charge in [0.25, 0.3) is 0 Å². The molecule has 0 aromatic rings. The SMILES string of the molecule is N[C@@H](CS)C(=O)N1[C@H](C(=O)N[C@@H](CS)C(=O)O)C[C@@H]2CCC[C@@H]21. The van der Waals surface area contributed by atoms with Crippen molar-refractivity contribution in [3.8, 4) is 0 Å². The van der Waals surface area contributed by atoms with Crippen LogP contribution in [0.5, 0.6) is 0 Å². The number of carboxylic acids is 1. The molecule has 2 amide bonds. The second-order valence-corrected chi connectivity index (χ2v) is 6.86. The molecule has 0 bridgehead atoms. The summed E-state index contributed by atoms with van der Waals surface area (Å²) in [6.45, 7) is 0. The zero-order valence-electron chi connectivity index (χ0n) is 12.7. The van der Waals surface area contributed by atoms with Crippen molar-refractivity contribution >= 4 is 43.0 Å². The molecule has 4 N–H and O–H groups in total. The Morgan fingerprint density at radius 3 is 2.52 bits per heavy atom. The maximum atomic E-state index is 12.6. The third kappa shape index (κ3) is 3.77. The van der Waals surface area contributed by atoms with E-state index in [0.29, 0.717) is 6.42 Å². The van der Waals surface area contributed by atoms with Gasteiger partial charge in [0, 0.05) is 17.5 Å². The van der Waals surface area contributed by atoms with Gasteiger partial charge in [-0.15, -0.1) is 0 Å². The molecule has 2 rings (SSSR count). The van der Waals surface area contributed by atoms with E-state index >= 15 is 0 Å². The van der Waals surface area contributed by atoms with Gasteiger partial charge in [0.2, 0.25) is 11.8 Å². The zero-order chi connectivity index (χ0) is 17.1. The number of carbonyl (C=O) groups excluding carboxylic acids is 2. The van der Waals surface area contributed by atoms with E-state index in [9.17, 15) is 14.4 Å². The minimum absolute atomic E-state index is 0.00918. The Hall–Kier alpha value is -0.930. The second-order valence-electron chi connectivity index (χ2n) is 6.13. The standard InChI is InChI=1S/C14H23N3O4S2/c15-8(5-22)13(19)17-10-3-1-2-7(10)4-11(17)12(18)16-9(6-23)14(20)21/h7-11,22-23H,1-6,15H2,(H,16,18)(H,20,21)/t7-,8-,9-,10-,11-/m0/s1. The van der Waals surface area contributed by atoms with Crippen molar-refractivity contribution in [1.29, 1.82) is 0 Å². The van der Waals surface area contributed by atoms with Crippen molar-refractivity contribution in [2.24, 2.45) is 11.7 Å². The summed E-state index contributed by atoms with van der Waals surface area (Å²) in [5, 5.41) is 11.5. The Balaban J connectivity index is 2.16. The molecular formula is C14H23N3O4S2. The van der Waals surface area contributed by atoms with E-state index < -0.39 is 30.0 Å². The highest BCUT2D eigenvalue weighted by Gasteiger charge is 2.49. The van der Waals surface area contributed by atoms with Crippen molar-refractivity contribution in [1.82, 2.24) is 10.2 Å². The molecule has 9 heteroatoms. The molecule has 5 atom stereocenters. The number of fused-ring (bicyclic) bond motifs is 1. The summed E-state index contributed by atoms with van der Waals surface area (Å²) in [7, 11) is 0. The highest BCUT2D eigenvalue weighted by molar-refractivity contribution is 7.80. The summed E-state index contributed by atoms with van der Waals surface area (Å²) in [4.78, 5) is 37.7. The van der Waals surface area contributed by atoms with Gasteiger partial charge in [-0.05, 0) is 25.2 Å². The Morgan fingerprint density at radius 1 is 1.26 bits per heavy atom. The van der Waals surface area contributed by atoms with Gasteiger partial charge < -0.3 is 21.1 Å². The van der Waals surface area contributed by atoms with E-state index in [1.165, 1.54) is 0 Å². The number of hydrogen-bond donors (Lipinski definition) is 5. The van der Waals surface area contributed by atoms with E-state index in [0.717, 1.165) is 19.3 Å². The lowest BCUT2D eigenvalue weighted by molar-refractivity contribution is -0.144. The van der Waals surface area contributed by atoms with E-state index in [1.807, 2.05) is 0 Å². The highest BCUT2D eigenvalue weighted by atomic mass is 32.1. The monoisotopic (exact) mass is 361 g/mol. The van der Waals surface area contributed by atoms with Crippen LogP contribution in [-0.2, 0) is 14.4 Å². The first kappa shape index (κ1) is 18.4. The number of carbonyl (C=O) groups is 3. The minimum Gasteiger partial charge on any atom is -0.480 e. The van der Waals surface area contributed by atoms with Crippen LogP contribution in [0.2, 0.25) is 0 Å². The number of nitrogens with two attached hydrogens (primary N) is 1. The average Bonchev–Trinajstić information content (AvgIpc) is 3.10. The molecule has 0 aromatic carbocycles. The van der Waals surface area contributed by atoms with Gasteiger partial charge in [0.15, 0.2) is 0 Å². The minimum atomic E-state index is -1.14. The Morgan fingerprint density at radius 2 is 1.96 bits per heavy atom. The molecule has 1 heterocycles. The number of nitrogens with zero attached hydrogens (tertiary/aromatic N) is 1. The summed E-state index contributed by atoms with van der Waals surface area (Å²) in [6, 6.07) is -2.47. The topological polar surface area (TPSA) is 113 Å². The molecule has 0 unspecified atom stereocenters. The molecule has 2 fully saturated rings. The molecule has 23 heavy (non-hydrogen) atoms. The van der Waals surface area contributed by atoms with Crippen LogP contribution in [0.1, 0.15) is 25.7 Å². The quantitative estimate of drug-likeness (QED) is 0.410. The van der Waals surface area contributed by atoms with Crippen molar-refractivity contribution < 1.29 is 19.5 Å². The summed E-state index contributed by atoms with van der Waals surface area (Å²) in [6.07, 6.45) is 3.41.